The Morgan fingerprint density at radius 3 is 1.87 bits per heavy atom. The van der Waals surface area contributed by atoms with Gasteiger partial charge >= 0.3 is 0 Å². The third kappa shape index (κ3) is 4.44. The molecule has 0 radical (unpaired) electrons. The van der Waals surface area contributed by atoms with Gasteiger partial charge in [-0.2, -0.15) is 0 Å². The van der Waals surface area contributed by atoms with Crippen LogP contribution in [0.1, 0.15) is 26.3 Å². The van der Waals surface area contributed by atoms with E-state index < -0.39 is 5.79 Å². The molecule has 4 heteroatoms. The zero-order valence-electron chi connectivity index (χ0n) is 15.2. The van der Waals surface area contributed by atoms with Crippen LogP contribution in [0.25, 0.3) is 0 Å². The van der Waals surface area contributed by atoms with Crippen LogP contribution in [-0.2, 0) is 20.0 Å². The molecule has 0 fully saturated rings. The Morgan fingerprint density at radius 1 is 0.913 bits per heavy atom. The predicted molar refractivity (Wildman–Crippen MR) is 92.7 cm³/mol. The van der Waals surface area contributed by atoms with E-state index in [2.05, 4.69) is 0 Å². The normalized spacial score (nSPS) is 13.6. The zero-order valence-corrected chi connectivity index (χ0v) is 15.2. The quantitative estimate of drug-likeness (QED) is 0.534. The van der Waals surface area contributed by atoms with Gasteiger partial charge in [-0.05, 0) is 45.0 Å². The second-order valence-corrected chi connectivity index (χ2v) is 5.64. The molecule has 4 nitrogen and oxygen atoms in total. The standard InChI is InChI=1S/C19H28O4/c1-8-15(13-14-18(2,3)21-5)19(22-6,23-7)16-9-11-17(20-4)12-10-16/h8-14H,1-7H3/b14-13-,15-8+. The maximum absolute atomic E-state index is 5.78. The van der Waals surface area contributed by atoms with E-state index in [1.807, 2.05) is 63.3 Å². The lowest BCUT2D eigenvalue weighted by Crippen LogP contribution is -2.33. The van der Waals surface area contributed by atoms with E-state index in [1.165, 1.54) is 0 Å². The first-order valence-corrected chi connectivity index (χ1v) is 7.55. The average molecular weight is 320 g/mol. The van der Waals surface area contributed by atoms with Crippen LogP contribution in [0, 0.1) is 0 Å². The SMILES string of the molecule is C/C=C(\C=C/C(C)(C)OC)C(OC)(OC)c1ccc(OC)cc1. The molecule has 0 saturated carbocycles. The van der Waals surface area contributed by atoms with Crippen molar-refractivity contribution in [2.45, 2.75) is 32.2 Å². The van der Waals surface area contributed by atoms with Crippen molar-refractivity contribution in [1.82, 2.24) is 0 Å². The van der Waals surface area contributed by atoms with E-state index in [4.69, 9.17) is 18.9 Å². The van der Waals surface area contributed by atoms with Gasteiger partial charge in [0.1, 0.15) is 5.75 Å². The Hall–Kier alpha value is -1.62. The molecule has 0 N–H and O–H groups in total. The van der Waals surface area contributed by atoms with Crippen molar-refractivity contribution >= 4 is 0 Å². The highest BCUT2D eigenvalue weighted by Crippen LogP contribution is 2.36. The summed E-state index contributed by atoms with van der Waals surface area (Å²) in [4.78, 5) is 0. The maximum atomic E-state index is 5.78. The second-order valence-electron chi connectivity index (χ2n) is 5.64. The molecule has 0 aliphatic carbocycles. The highest BCUT2D eigenvalue weighted by atomic mass is 16.7. The number of benzene rings is 1. The third-order valence-corrected chi connectivity index (χ3v) is 3.93. The number of hydrogen-bond donors (Lipinski definition) is 0. The fourth-order valence-corrected chi connectivity index (χ4v) is 2.29. The van der Waals surface area contributed by atoms with Gasteiger partial charge in [-0.15, -0.1) is 0 Å². The van der Waals surface area contributed by atoms with Crippen LogP contribution in [0.15, 0.2) is 48.1 Å². The maximum Gasteiger partial charge on any atom is 0.221 e. The summed E-state index contributed by atoms with van der Waals surface area (Å²) in [6, 6.07) is 7.64. The molecule has 23 heavy (non-hydrogen) atoms. The first-order chi connectivity index (χ1) is 10.9. The van der Waals surface area contributed by atoms with Crippen molar-refractivity contribution in [2.75, 3.05) is 28.4 Å². The highest BCUT2D eigenvalue weighted by molar-refractivity contribution is 5.39. The van der Waals surface area contributed by atoms with Crippen LogP contribution in [0.3, 0.4) is 0 Å². The van der Waals surface area contributed by atoms with Gasteiger partial charge < -0.3 is 18.9 Å². The van der Waals surface area contributed by atoms with E-state index in [9.17, 15) is 0 Å². The molecular weight excluding hydrogens is 292 g/mol. The first kappa shape index (κ1) is 19.4. The molecule has 0 amide bonds. The highest BCUT2D eigenvalue weighted by Gasteiger charge is 2.35. The van der Waals surface area contributed by atoms with Gasteiger partial charge in [0, 0.05) is 32.5 Å². The van der Waals surface area contributed by atoms with Crippen molar-refractivity contribution in [3.8, 4) is 5.75 Å². The molecule has 0 atom stereocenters. The number of allylic oxidation sites excluding steroid dienone is 1. The summed E-state index contributed by atoms with van der Waals surface area (Å²) >= 11 is 0. The van der Waals surface area contributed by atoms with Gasteiger partial charge in [-0.25, -0.2) is 0 Å². The Labute approximate surface area is 139 Å². The van der Waals surface area contributed by atoms with Crippen LogP contribution in [-0.4, -0.2) is 34.0 Å². The predicted octanol–water partition coefficient (Wildman–Crippen LogP) is 4.07. The summed E-state index contributed by atoms with van der Waals surface area (Å²) in [7, 11) is 6.59. The summed E-state index contributed by atoms with van der Waals surface area (Å²) in [5.41, 5.74) is 1.40. The monoisotopic (exact) mass is 320 g/mol. The lowest BCUT2D eigenvalue weighted by molar-refractivity contribution is -0.184. The number of methoxy groups -OCH3 is 4. The fourth-order valence-electron chi connectivity index (χ4n) is 2.29. The molecule has 1 aromatic rings. The Balaban J connectivity index is 3.29. The first-order valence-electron chi connectivity index (χ1n) is 7.55. The molecule has 1 aromatic carbocycles. The summed E-state index contributed by atoms with van der Waals surface area (Å²) in [5, 5.41) is 0. The lowest BCUT2D eigenvalue weighted by atomic mass is 9.94. The van der Waals surface area contributed by atoms with Crippen molar-refractivity contribution in [3.05, 3.63) is 53.6 Å². The number of hydrogen-bond acceptors (Lipinski definition) is 4. The topological polar surface area (TPSA) is 36.9 Å². The molecule has 0 unspecified atom stereocenters. The van der Waals surface area contributed by atoms with Crippen molar-refractivity contribution in [2.24, 2.45) is 0 Å². The lowest BCUT2D eigenvalue weighted by Gasteiger charge is -2.33. The minimum atomic E-state index is -0.985. The van der Waals surface area contributed by atoms with Crippen LogP contribution < -0.4 is 4.74 Å². The van der Waals surface area contributed by atoms with E-state index in [0.717, 1.165) is 16.9 Å². The van der Waals surface area contributed by atoms with Gasteiger partial charge in [0.15, 0.2) is 0 Å². The molecule has 0 heterocycles. The summed E-state index contributed by atoms with van der Waals surface area (Å²) in [5.74, 6) is -0.200. The molecule has 0 aliphatic rings. The van der Waals surface area contributed by atoms with Crippen LogP contribution in [0.2, 0.25) is 0 Å². The molecule has 0 bridgehead atoms. The molecular formula is C19H28O4. The Bertz CT molecular complexity index is 537. The molecule has 0 spiro atoms. The van der Waals surface area contributed by atoms with E-state index >= 15 is 0 Å². The van der Waals surface area contributed by atoms with Crippen molar-refractivity contribution in [3.63, 3.8) is 0 Å². The smallest absolute Gasteiger partial charge is 0.221 e. The van der Waals surface area contributed by atoms with Crippen LogP contribution in [0.4, 0.5) is 0 Å². The summed E-state index contributed by atoms with van der Waals surface area (Å²) in [6.45, 7) is 5.94. The van der Waals surface area contributed by atoms with Gasteiger partial charge in [0.25, 0.3) is 0 Å². The molecule has 128 valence electrons. The average Bonchev–Trinajstić information content (AvgIpc) is 2.59. The van der Waals surface area contributed by atoms with Gasteiger partial charge in [-0.3, -0.25) is 0 Å². The van der Waals surface area contributed by atoms with Gasteiger partial charge in [0.05, 0.1) is 12.7 Å². The molecule has 1 rings (SSSR count). The van der Waals surface area contributed by atoms with E-state index in [-0.39, 0.29) is 5.60 Å². The fraction of sp³-hybridized carbons (Fsp3) is 0.474. The second kappa shape index (κ2) is 8.29. The van der Waals surface area contributed by atoms with Crippen molar-refractivity contribution < 1.29 is 18.9 Å². The van der Waals surface area contributed by atoms with Gasteiger partial charge in [-0.1, -0.05) is 18.2 Å². The minimum Gasteiger partial charge on any atom is -0.497 e. The summed E-state index contributed by atoms with van der Waals surface area (Å²) < 4.78 is 22.2. The van der Waals surface area contributed by atoms with Gasteiger partial charge in [0.2, 0.25) is 5.79 Å². The number of ether oxygens (including phenoxy) is 4. The Kier molecular flexibility index (Phi) is 7.01. The largest absolute Gasteiger partial charge is 0.497 e. The van der Waals surface area contributed by atoms with E-state index in [1.54, 1.807) is 28.4 Å². The molecule has 0 aromatic heterocycles. The van der Waals surface area contributed by atoms with E-state index in [0.29, 0.717) is 0 Å². The van der Waals surface area contributed by atoms with Crippen molar-refractivity contribution in [1.29, 1.82) is 0 Å². The zero-order chi connectivity index (χ0) is 17.5. The molecule has 0 aliphatic heterocycles. The third-order valence-electron chi connectivity index (χ3n) is 3.93. The van der Waals surface area contributed by atoms with Crippen LogP contribution in [0.5, 0.6) is 5.75 Å². The Morgan fingerprint density at radius 2 is 1.48 bits per heavy atom. The number of rotatable bonds is 8. The molecule has 0 saturated heterocycles. The van der Waals surface area contributed by atoms with Crippen LogP contribution >= 0.6 is 0 Å². The summed E-state index contributed by atoms with van der Waals surface area (Å²) in [6.07, 6.45) is 5.93. The minimum absolute atomic E-state index is 0.374.